The normalized spacial score (nSPS) is 14.6. The van der Waals surface area contributed by atoms with Crippen LogP contribution in [0.25, 0.3) is 0 Å². The summed E-state index contributed by atoms with van der Waals surface area (Å²) in [5.74, 6) is -3.61. The van der Waals surface area contributed by atoms with Crippen molar-refractivity contribution in [3.8, 4) is 0 Å². The van der Waals surface area contributed by atoms with Crippen molar-refractivity contribution in [3.63, 3.8) is 0 Å². The van der Waals surface area contributed by atoms with Crippen LogP contribution in [0.15, 0.2) is 0 Å². The fourth-order valence-corrected chi connectivity index (χ4v) is 2.20. The number of hydrogen-bond acceptors (Lipinski definition) is 11. The summed E-state index contributed by atoms with van der Waals surface area (Å²) in [5.41, 5.74) is 0. The maximum Gasteiger partial charge on any atom is 0.303 e. The van der Waals surface area contributed by atoms with Gasteiger partial charge in [-0.3, -0.25) is 24.0 Å². The first kappa shape index (κ1) is 25.3. The number of methoxy groups -OCH3 is 1. The van der Waals surface area contributed by atoms with Gasteiger partial charge in [-0.15, -0.1) is 0 Å². The van der Waals surface area contributed by atoms with Crippen LogP contribution in [0.4, 0.5) is 0 Å². The Bertz CT molecular complexity index is 571. The Labute approximate surface area is 162 Å². The van der Waals surface area contributed by atoms with Crippen molar-refractivity contribution in [2.24, 2.45) is 0 Å². The van der Waals surface area contributed by atoms with Crippen LogP contribution in [0.2, 0.25) is 0 Å². The molecule has 0 amide bonds. The molecule has 0 aliphatic carbocycles. The molecular weight excluding hydrogens is 380 g/mol. The van der Waals surface area contributed by atoms with Gasteiger partial charge in [-0.05, 0) is 0 Å². The average Bonchev–Trinajstić information content (AvgIpc) is 2.55. The molecule has 11 heteroatoms. The molecule has 0 rings (SSSR count). The molecule has 160 valence electrons. The third kappa shape index (κ3) is 10.5. The van der Waals surface area contributed by atoms with Crippen molar-refractivity contribution in [2.45, 2.75) is 59.0 Å². The lowest BCUT2D eigenvalue weighted by Crippen LogP contribution is -2.53. The summed E-state index contributed by atoms with van der Waals surface area (Å²) < 4.78 is 30.5. The van der Waals surface area contributed by atoms with Gasteiger partial charge < -0.3 is 28.4 Å². The maximum atomic E-state index is 11.6. The van der Waals surface area contributed by atoms with Gasteiger partial charge in [0, 0.05) is 41.7 Å². The van der Waals surface area contributed by atoms with Gasteiger partial charge >= 0.3 is 29.8 Å². The van der Waals surface area contributed by atoms with Gasteiger partial charge in [0.25, 0.3) is 0 Å². The van der Waals surface area contributed by atoms with Gasteiger partial charge in [0.15, 0.2) is 18.3 Å². The van der Waals surface area contributed by atoms with Crippen LogP contribution in [0, 0.1) is 0 Å². The largest absolute Gasteiger partial charge is 0.463 e. The lowest BCUT2D eigenvalue weighted by Gasteiger charge is -2.34. The number of carbonyl (C=O) groups excluding carboxylic acids is 5. The molecule has 0 saturated carbocycles. The van der Waals surface area contributed by atoms with E-state index in [2.05, 4.69) is 0 Å². The first-order valence-corrected chi connectivity index (χ1v) is 8.29. The molecule has 11 nitrogen and oxygen atoms in total. The van der Waals surface area contributed by atoms with Crippen LogP contribution in [0.5, 0.6) is 0 Å². The van der Waals surface area contributed by atoms with Crippen molar-refractivity contribution >= 4 is 29.8 Å². The predicted molar refractivity (Wildman–Crippen MR) is 90.7 cm³/mol. The fraction of sp³-hybridized carbons (Fsp3) is 0.706. The van der Waals surface area contributed by atoms with Crippen molar-refractivity contribution in [2.75, 3.05) is 20.3 Å². The summed E-state index contributed by atoms with van der Waals surface area (Å²) in [6.07, 6.45) is -5.15. The Kier molecular flexibility index (Phi) is 11.4. The molecule has 0 radical (unpaired) electrons. The van der Waals surface area contributed by atoms with Crippen LogP contribution in [0.3, 0.4) is 0 Å². The van der Waals surface area contributed by atoms with E-state index in [-0.39, 0.29) is 6.61 Å². The minimum absolute atomic E-state index is 0.345. The Hall–Kier alpha value is -2.69. The summed E-state index contributed by atoms with van der Waals surface area (Å²) in [5, 5.41) is 0. The second-order valence-electron chi connectivity index (χ2n) is 5.68. The smallest absolute Gasteiger partial charge is 0.303 e. The number of esters is 5. The van der Waals surface area contributed by atoms with E-state index in [4.69, 9.17) is 28.4 Å². The number of carbonyl (C=O) groups is 5. The quantitative estimate of drug-likeness (QED) is 0.336. The minimum atomic E-state index is -1.41. The van der Waals surface area contributed by atoms with Gasteiger partial charge in [-0.2, -0.15) is 0 Å². The highest BCUT2D eigenvalue weighted by Gasteiger charge is 2.43. The molecule has 0 unspecified atom stereocenters. The highest BCUT2D eigenvalue weighted by atomic mass is 16.6. The van der Waals surface area contributed by atoms with Crippen molar-refractivity contribution in [1.82, 2.24) is 0 Å². The zero-order valence-electron chi connectivity index (χ0n) is 16.7. The number of rotatable bonds is 11. The maximum absolute atomic E-state index is 11.6. The van der Waals surface area contributed by atoms with Gasteiger partial charge in [0.05, 0.1) is 0 Å². The topological polar surface area (TPSA) is 141 Å². The lowest BCUT2D eigenvalue weighted by atomic mass is 10.0. The molecule has 0 aromatic rings. The van der Waals surface area contributed by atoms with Gasteiger partial charge in [0.1, 0.15) is 19.3 Å². The van der Waals surface area contributed by atoms with Crippen molar-refractivity contribution in [1.29, 1.82) is 0 Å². The molecule has 0 bridgehead atoms. The van der Waals surface area contributed by atoms with E-state index < -0.39 is 60.9 Å². The highest BCUT2D eigenvalue weighted by Crippen LogP contribution is 2.20. The van der Waals surface area contributed by atoms with Crippen molar-refractivity contribution in [3.05, 3.63) is 0 Å². The molecule has 0 aromatic heterocycles. The predicted octanol–water partition coefficient (Wildman–Crippen LogP) is -0.0773. The molecule has 0 fully saturated rings. The molecule has 0 saturated heterocycles. The molecule has 28 heavy (non-hydrogen) atoms. The number of hydrogen-bond donors (Lipinski definition) is 0. The van der Waals surface area contributed by atoms with E-state index in [0.717, 1.165) is 27.7 Å². The van der Waals surface area contributed by atoms with E-state index in [1.807, 2.05) is 0 Å². The van der Waals surface area contributed by atoms with E-state index in [0.29, 0.717) is 0 Å². The Morgan fingerprint density at radius 3 is 1.25 bits per heavy atom. The first-order chi connectivity index (χ1) is 13.0. The minimum Gasteiger partial charge on any atom is -0.463 e. The van der Waals surface area contributed by atoms with Crippen LogP contribution < -0.4 is 0 Å². The first-order valence-electron chi connectivity index (χ1n) is 8.29. The van der Waals surface area contributed by atoms with Crippen LogP contribution in [-0.4, -0.2) is 74.6 Å². The number of ether oxygens (including phenoxy) is 6. The summed E-state index contributed by atoms with van der Waals surface area (Å²) in [4.78, 5) is 57.0. The summed E-state index contributed by atoms with van der Waals surface area (Å²) in [6, 6.07) is 0. The summed E-state index contributed by atoms with van der Waals surface area (Å²) >= 11 is 0. The standard InChI is InChI=1S/C17H26O11/c1-9(18)24-7-14(23-6)16(27-12(4)21)17(28-13(5)22)15(26-11(3)20)8-25-10(2)19/h14-17H,7-8H2,1-6H3/t14-,15+,16-,17-/m1/s1. The lowest BCUT2D eigenvalue weighted by molar-refractivity contribution is -0.203. The van der Waals surface area contributed by atoms with Crippen LogP contribution in [-0.2, 0) is 52.4 Å². The third-order valence-corrected chi connectivity index (χ3v) is 3.18. The van der Waals surface area contributed by atoms with E-state index in [1.54, 1.807) is 0 Å². The molecule has 0 heterocycles. The molecular formula is C17H26O11. The fourth-order valence-electron chi connectivity index (χ4n) is 2.20. The second kappa shape index (κ2) is 12.7. The zero-order valence-corrected chi connectivity index (χ0v) is 16.7. The summed E-state index contributed by atoms with van der Waals surface area (Å²) in [6.45, 7) is 4.76. The monoisotopic (exact) mass is 406 g/mol. The van der Waals surface area contributed by atoms with Crippen LogP contribution >= 0.6 is 0 Å². The molecule has 0 aromatic carbocycles. The average molecular weight is 406 g/mol. The van der Waals surface area contributed by atoms with Crippen molar-refractivity contribution < 1.29 is 52.4 Å². The van der Waals surface area contributed by atoms with E-state index in [1.165, 1.54) is 14.0 Å². The Balaban J connectivity index is 5.93. The van der Waals surface area contributed by atoms with Crippen LogP contribution in [0.1, 0.15) is 34.6 Å². The molecule has 0 aliphatic heterocycles. The Morgan fingerprint density at radius 2 is 0.929 bits per heavy atom. The second-order valence-corrected chi connectivity index (χ2v) is 5.68. The molecule has 4 atom stereocenters. The molecule has 0 spiro atoms. The molecule has 0 aliphatic rings. The Morgan fingerprint density at radius 1 is 0.571 bits per heavy atom. The highest BCUT2D eigenvalue weighted by molar-refractivity contribution is 5.69. The van der Waals surface area contributed by atoms with Gasteiger partial charge in [-0.25, -0.2) is 0 Å². The van der Waals surface area contributed by atoms with Gasteiger partial charge in [-0.1, -0.05) is 0 Å². The van der Waals surface area contributed by atoms with E-state index in [9.17, 15) is 24.0 Å². The zero-order chi connectivity index (χ0) is 21.9. The summed E-state index contributed by atoms with van der Waals surface area (Å²) in [7, 11) is 1.25. The SMILES string of the molecule is CO[C@H](COC(C)=O)[C@@H](OC(C)=O)[C@H](OC(C)=O)[C@H](COC(C)=O)OC(C)=O. The van der Waals surface area contributed by atoms with Gasteiger partial charge in [0.2, 0.25) is 0 Å². The van der Waals surface area contributed by atoms with E-state index >= 15 is 0 Å². The third-order valence-electron chi connectivity index (χ3n) is 3.18. The molecule has 0 N–H and O–H groups in total.